The number of rotatable bonds is 4. The molecule has 0 saturated carbocycles. The van der Waals surface area contributed by atoms with Gasteiger partial charge in [0.05, 0.1) is 7.11 Å². The minimum Gasteiger partial charge on any atom is -0.496 e. The highest BCUT2D eigenvalue weighted by Crippen LogP contribution is 2.26. The maximum atomic E-state index is 11.7. The van der Waals surface area contributed by atoms with E-state index in [1.165, 1.54) is 0 Å². The molecule has 1 atom stereocenters. The Kier molecular flexibility index (Phi) is 4.31. The molecule has 1 unspecified atom stereocenters. The average molecular weight is 222 g/mol. The first-order valence-corrected chi connectivity index (χ1v) is 5.17. The summed E-state index contributed by atoms with van der Waals surface area (Å²) in [7, 11) is 4.97. The number of nitrogens with one attached hydrogen (secondary N) is 2. The van der Waals surface area contributed by atoms with E-state index < -0.39 is 0 Å². The van der Waals surface area contributed by atoms with Crippen molar-refractivity contribution in [1.29, 1.82) is 0 Å². The van der Waals surface area contributed by atoms with E-state index in [0.29, 0.717) is 5.75 Å². The molecule has 0 bridgehead atoms. The Morgan fingerprint density at radius 1 is 1.38 bits per heavy atom. The maximum absolute atomic E-state index is 11.7. The Morgan fingerprint density at radius 3 is 2.56 bits per heavy atom. The fourth-order valence-corrected chi connectivity index (χ4v) is 1.65. The summed E-state index contributed by atoms with van der Waals surface area (Å²) in [6, 6.07) is 5.39. The summed E-state index contributed by atoms with van der Waals surface area (Å²) in [5, 5.41) is 5.61. The number of benzene rings is 1. The second-order valence-electron chi connectivity index (χ2n) is 3.58. The number of hydrogen-bond donors (Lipinski definition) is 2. The molecular weight excluding hydrogens is 204 g/mol. The number of likely N-dealkylation sites (N-methyl/N-ethyl adjacent to an activating group) is 2. The molecule has 2 N–H and O–H groups in total. The Balaban J connectivity index is 3.17. The SMILES string of the molecule is CNC(=O)C(NC)c1cc(C)ccc1OC. The summed E-state index contributed by atoms with van der Waals surface area (Å²) in [4.78, 5) is 11.7. The molecule has 0 aliphatic carbocycles. The maximum Gasteiger partial charge on any atom is 0.241 e. The van der Waals surface area contributed by atoms with E-state index >= 15 is 0 Å². The molecule has 0 spiro atoms. The molecule has 0 aromatic heterocycles. The van der Waals surface area contributed by atoms with Crippen molar-refractivity contribution < 1.29 is 9.53 Å². The third kappa shape index (κ3) is 2.52. The van der Waals surface area contributed by atoms with Crippen LogP contribution in [0.25, 0.3) is 0 Å². The minimum atomic E-state index is -0.389. The molecule has 0 aliphatic rings. The van der Waals surface area contributed by atoms with Gasteiger partial charge < -0.3 is 15.4 Å². The molecule has 0 heterocycles. The van der Waals surface area contributed by atoms with Crippen LogP contribution in [0.1, 0.15) is 17.2 Å². The summed E-state index contributed by atoms with van der Waals surface area (Å²) in [5.74, 6) is 0.639. The van der Waals surface area contributed by atoms with Crippen LogP contribution in [0.15, 0.2) is 18.2 Å². The van der Waals surface area contributed by atoms with Crippen LogP contribution in [0.2, 0.25) is 0 Å². The second-order valence-corrected chi connectivity index (χ2v) is 3.58. The molecule has 0 fully saturated rings. The first-order chi connectivity index (χ1) is 7.63. The fraction of sp³-hybridized carbons (Fsp3) is 0.417. The van der Waals surface area contributed by atoms with Crippen molar-refractivity contribution in [2.75, 3.05) is 21.2 Å². The zero-order valence-electron chi connectivity index (χ0n) is 10.1. The van der Waals surface area contributed by atoms with Crippen LogP contribution >= 0.6 is 0 Å². The normalized spacial score (nSPS) is 12.0. The van der Waals surface area contributed by atoms with Gasteiger partial charge in [-0.1, -0.05) is 17.7 Å². The second kappa shape index (κ2) is 5.51. The Labute approximate surface area is 96.0 Å². The molecule has 1 rings (SSSR count). The Morgan fingerprint density at radius 2 is 2.06 bits per heavy atom. The largest absolute Gasteiger partial charge is 0.496 e. The summed E-state index contributed by atoms with van der Waals surface area (Å²) in [5.41, 5.74) is 1.95. The smallest absolute Gasteiger partial charge is 0.241 e. The predicted octanol–water partition coefficient (Wildman–Crippen LogP) is 1.01. The van der Waals surface area contributed by atoms with Crippen molar-refractivity contribution in [1.82, 2.24) is 10.6 Å². The molecule has 1 aromatic carbocycles. The Hall–Kier alpha value is -1.55. The average Bonchev–Trinajstić information content (AvgIpc) is 2.30. The van der Waals surface area contributed by atoms with Gasteiger partial charge in [0.15, 0.2) is 0 Å². The van der Waals surface area contributed by atoms with Gasteiger partial charge in [-0.25, -0.2) is 0 Å². The number of methoxy groups -OCH3 is 1. The highest BCUT2D eigenvalue weighted by atomic mass is 16.5. The number of aryl methyl sites for hydroxylation is 1. The summed E-state index contributed by atoms with van der Waals surface area (Å²) < 4.78 is 5.26. The van der Waals surface area contributed by atoms with Crippen molar-refractivity contribution in [3.8, 4) is 5.75 Å². The number of hydrogen-bond acceptors (Lipinski definition) is 3. The number of carbonyl (C=O) groups is 1. The van der Waals surface area contributed by atoms with Gasteiger partial charge in [-0.05, 0) is 20.0 Å². The lowest BCUT2D eigenvalue weighted by Gasteiger charge is -2.18. The van der Waals surface area contributed by atoms with Gasteiger partial charge in [0.2, 0.25) is 5.91 Å². The van der Waals surface area contributed by atoms with Crippen LogP contribution in [-0.4, -0.2) is 27.1 Å². The van der Waals surface area contributed by atoms with E-state index in [2.05, 4.69) is 10.6 Å². The van der Waals surface area contributed by atoms with Gasteiger partial charge in [-0.3, -0.25) is 4.79 Å². The molecule has 4 heteroatoms. The van der Waals surface area contributed by atoms with Crippen LogP contribution in [0.4, 0.5) is 0 Å². The van der Waals surface area contributed by atoms with Gasteiger partial charge in [0, 0.05) is 12.6 Å². The van der Waals surface area contributed by atoms with Crippen molar-refractivity contribution in [2.45, 2.75) is 13.0 Å². The quantitative estimate of drug-likeness (QED) is 0.799. The molecule has 4 nitrogen and oxygen atoms in total. The summed E-state index contributed by atoms with van der Waals surface area (Å²) in [6.07, 6.45) is 0. The third-order valence-electron chi connectivity index (χ3n) is 2.49. The van der Waals surface area contributed by atoms with Crippen molar-refractivity contribution >= 4 is 5.91 Å². The molecule has 1 amide bonds. The molecule has 0 saturated heterocycles. The third-order valence-corrected chi connectivity index (χ3v) is 2.49. The van der Waals surface area contributed by atoms with Crippen LogP contribution in [0, 0.1) is 6.92 Å². The van der Waals surface area contributed by atoms with Crippen molar-refractivity contribution in [3.05, 3.63) is 29.3 Å². The molecule has 0 aliphatic heterocycles. The predicted molar refractivity (Wildman–Crippen MR) is 63.6 cm³/mol. The zero-order valence-corrected chi connectivity index (χ0v) is 10.1. The van der Waals surface area contributed by atoms with Gasteiger partial charge in [-0.2, -0.15) is 0 Å². The standard InChI is InChI=1S/C12H18N2O2/c1-8-5-6-10(16-4)9(7-8)11(13-2)12(15)14-3/h5-7,11,13H,1-4H3,(H,14,15). The van der Waals surface area contributed by atoms with Crippen LogP contribution in [-0.2, 0) is 4.79 Å². The molecule has 1 aromatic rings. The van der Waals surface area contributed by atoms with Crippen LogP contribution in [0.5, 0.6) is 5.75 Å². The summed E-state index contributed by atoms with van der Waals surface area (Å²) in [6.45, 7) is 1.99. The number of carbonyl (C=O) groups excluding carboxylic acids is 1. The lowest BCUT2D eigenvalue weighted by Crippen LogP contribution is -2.34. The van der Waals surface area contributed by atoms with E-state index in [-0.39, 0.29) is 11.9 Å². The van der Waals surface area contributed by atoms with E-state index in [0.717, 1.165) is 11.1 Å². The van der Waals surface area contributed by atoms with E-state index in [9.17, 15) is 4.79 Å². The van der Waals surface area contributed by atoms with Crippen molar-refractivity contribution in [2.24, 2.45) is 0 Å². The first-order valence-electron chi connectivity index (χ1n) is 5.17. The molecule has 16 heavy (non-hydrogen) atoms. The fourth-order valence-electron chi connectivity index (χ4n) is 1.65. The van der Waals surface area contributed by atoms with E-state index in [1.807, 2.05) is 25.1 Å². The van der Waals surface area contributed by atoms with Gasteiger partial charge in [0.1, 0.15) is 11.8 Å². The molecule has 88 valence electrons. The van der Waals surface area contributed by atoms with E-state index in [1.54, 1.807) is 21.2 Å². The van der Waals surface area contributed by atoms with E-state index in [4.69, 9.17) is 4.74 Å². The van der Waals surface area contributed by atoms with Gasteiger partial charge >= 0.3 is 0 Å². The molecule has 0 radical (unpaired) electrons. The number of ether oxygens (including phenoxy) is 1. The van der Waals surface area contributed by atoms with Gasteiger partial charge in [0.25, 0.3) is 0 Å². The first kappa shape index (κ1) is 12.5. The molecular formula is C12H18N2O2. The topological polar surface area (TPSA) is 50.4 Å². The summed E-state index contributed by atoms with van der Waals surface area (Å²) >= 11 is 0. The minimum absolute atomic E-state index is 0.0774. The Bertz CT molecular complexity index is 377. The zero-order chi connectivity index (χ0) is 12.1. The van der Waals surface area contributed by atoms with Crippen LogP contribution < -0.4 is 15.4 Å². The monoisotopic (exact) mass is 222 g/mol. The lowest BCUT2D eigenvalue weighted by molar-refractivity contribution is -0.122. The highest BCUT2D eigenvalue weighted by molar-refractivity contribution is 5.83. The van der Waals surface area contributed by atoms with Crippen molar-refractivity contribution in [3.63, 3.8) is 0 Å². The van der Waals surface area contributed by atoms with Gasteiger partial charge in [-0.15, -0.1) is 0 Å². The van der Waals surface area contributed by atoms with Crippen LogP contribution in [0.3, 0.4) is 0 Å². The number of amides is 1. The lowest BCUT2D eigenvalue weighted by atomic mass is 10.0. The highest BCUT2D eigenvalue weighted by Gasteiger charge is 2.20.